The molecule has 208 valence electrons. The number of halogens is 4. The highest BCUT2D eigenvalue weighted by molar-refractivity contribution is 6.30. The van der Waals surface area contributed by atoms with E-state index in [0.29, 0.717) is 24.4 Å². The Morgan fingerprint density at radius 1 is 0.949 bits per heavy atom. The second-order valence-corrected chi connectivity index (χ2v) is 11.0. The van der Waals surface area contributed by atoms with Gasteiger partial charge in [0, 0.05) is 56.5 Å². The molecule has 2 aromatic rings. The molecule has 3 aliphatic rings. The molecule has 0 spiro atoms. The van der Waals surface area contributed by atoms with Crippen molar-refractivity contribution in [3.63, 3.8) is 0 Å². The summed E-state index contributed by atoms with van der Waals surface area (Å²) in [5.74, 6) is -5.55. The number of piperidine rings is 1. The van der Waals surface area contributed by atoms with Crippen LogP contribution in [0.15, 0.2) is 48.5 Å². The number of rotatable bonds is 5. The van der Waals surface area contributed by atoms with Crippen molar-refractivity contribution in [1.82, 2.24) is 14.7 Å². The lowest BCUT2D eigenvalue weighted by Gasteiger charge is -2.33. The van der Waals surface area contributed by atoms with Gasteiger partial charge in [0.2, 0.25) is 11.8 Å². The first kappa shape index (κ1) is 27.3. The van der Waals surface area contributed by atoms with Crippen molar-refractivity contribution in [3.8, 4) is 5.75 Å². The van der Waals surface area contributed by atoms with E-state index in [1.165, 1.54) is 34.1 Å². The van der Waals surface area contributed by atoms with Crippen molar-refractivity contribution in [1.29, 1.82) is 0 Å². The lowest BCUT2D eigenvalue weighted by molar-refractivity contribution is -0.141. The van der Waals surface area contributed by atoms with Gasteiger partial charge in [-0.1, -0.05) is 23.7 Å². The van der Waals surface area contributed by atoms with Crippen LogP contribution >= 0.6 is 11.6 Å². The summed E-state index contributed by atoms with van der Waals surface area (Å²) in [6.45, 7) is 1.18. The Kier molecular flexibility index (Phi) is 7.50. The summed E-state index contributed by atoms with van der Waals surface area (Å²) >= 11 is 6.08. The van der Waals surface area contributed by atoms with Crippen LogP contribution in [0.25, 0.3) is 0 Å². The first-order valence-electron chi connectivity index (χ1n) is 12.9. The molecule has 2 aliphatic heterocycles. The van der Waals surface area contributed by atoms with Gasteiger partial charge in [0.05, 0.1) is 6.04 Å². The van der Waals surface area contributed by atoms with Gasteiger partial charge in [-0.25, -0.2) is 18.0 Å². The molecule has 3 atom stereocenters. The Labute approximate surface area is 229 Å². The van der Waals surface area contributed by atoms with E-state index in [2.05, 4.69) is 0 Å². The summed E-state index contributed by atoms with van der Waals surface area (Å²) in [6.07, 6.45) is -0.234. The average Bonchev–Trinajstić information content (AvgIpc) is 3.35. The third kappa shape index (κ3) is 5.85. The molecule has 0 aromatic heterocycles. The maximum absolute atomic E-state index is 13.5. The maximum Gasteiger partial charge on any atom is 0.415 e. The molecule has 1 aliphatic carbocycles. The molecule has 39 heavy (non-hydrogen) atoms. The summed E-state index contributed by atoms with van der Waals surface area (Å²) in [5.41, 5.74) is 0.909. The molecular weight excluding hydrogens is 535 g/mol. The number of nitrogens with zero attached hydrogens (tertiary/aromatic N) is 3. The number of ether oxygens (including phenoxy) is 1. The van der Waals surface area contributed by atoms with Gasteiger partial charge < -0.3 is 19.4 Å². The molecule has 5 rings (SSSR count). The van der Waals surface area contributed by atoms with E-state index in [4.69, 9.17) is 16.3 Å². The van der Waals surface area contributed by atoms with Gasteiger partial charge in [-0.15, -0.1) is 0 Å². The minimum atomic E-state index is -2.91. The molecule has 2 aromatic carbocycles. The molecule has 2 heterocycles. The van der Waals surface area contributed by atoms with E-state index in [1.807, 2.05) is 12.1 Å². The van der Waals surface area contributed by atoms with Crippen LogP contribution in [0.2, 0.25) is 5.02 Å². The van der Waals surface area contributed by atoms with Crippen LogP contribution < -0.4 is 4.74 Å². The number of hydrogen-bond donors (Lipinski definition) is 0. The number of amides is 3. The molecule has 7 nitrogen and oxygen atoms in total. The largest absolute Gasteiger partial charge is 0.415 e. The number of hydrogen-bond acceptors (Lipinski definition) is 4. The van der Waals surface area contributed by atoms with Gasteiger partial charge >= 0.3 is 6.09 Å². The van der Waals surface area contributed by atoms with Gasteiger partial charge in [-0.05, 0) is 54.8 Å². The third-order valence-electron chi connectivity index (χ3n) is 7.98. The highest BCUT2D eigenvalue weighted by Gasteiger charge is 2.62. The molecule has 0 bridgehead atoms. The van der Waals surface area contributed by atoms with Gasteiger partial charge in [-0.3, -0.25) is 9.59 Å². The fraction of sp³-hybridized carbons (Fsp3) is 0.464. The Morgan fingerprint density at radius 3 is 2.15 bits per heavy atom. The zero-order valence-corrected chi connectivity index (χ0v) is 22.1. The van der Waals surface area contributed by atoms with Crippen molar-refractivity contribution in [2.75, 3.05) is 33.2 Å². The number of carbonyl (C=O) groups excluding carboxylic acids is 3. The number of likely N-dealkylation sites (N-methyl/N-ethyl adjacent to an activating group) is 1. The maximum atomic E-state index is 13.5. The summed E-state index contributed by atoms with van der Waals surface area (Å²) in [7, 11) is 1.60. The standard InChI is InChI=1S/C28H29ClF3N3O4/c1-33(27(38)39-21-8-6-20(30)7-9-21)24-16-35(15-22(24)17-2-4-19(29)5-3-17)25(36)18-10-12-34(13-11-18)26(37)23-14-28(23,31)32/h2-9,18,22-24H,10-16H2,1H3. The van der Waals surface area contributed by atoms with Crippen LogP contribution in [-0.2, 0) is 9.59 Å². The molecular formula is C28H29ClF3N3O4. The zero-order chi connectivity index (χ0) is 27.9. The molecule has 0 radical (unpaired) electrons. The van der Waals surface area contributed by atoms with E-state index in [1.54, 1.807) is 24.1 Å². The van der Waals surface area contributed by atoms with Crippen LogP contribution in [0.1, 0.15) is 30.7 Å². The minimum absolute atomic E-state index is 0.0828. The van der Waals surface area contributed by atoms with Crippen molar-refractivity contribution in [2.24, 2.45) is 11.8 Å². The van der Waals surface area contributed by atoms with E-state index in [0.717, 1.165) is 5.56 Å². The van der Waals surface area contributed by atoms with Crippen LogP contribution in [-0.4, -0.2) is 77.8 Å². The van der Waals surface area contributed by atoms with Gasteiger partial charge in [0.1, 0.15) is 17.5 Å². The molecule has 1 saturated carbocycles. The Bertz CT molecular complexity index is 1240. The first-order chi connectivity index (χ1) is 18.5. The summed E-state index contributed by atoms with van der Waals surface area (Å²) in [6, 6.07) is 12.0. The minimum Gasteiger partial charge on any atom is -0.410 e. The molecule has 3 amide bonds. The van der Waals surface area contributed by atoms with Crippen LogP contribution in [0.4, 0.5) is 18.0 Å². The Hall–Kier alpha value is -3.27. The van der Waals surface area contributed by atoms with Crippen LogP contribution in [0.3, 0.4) is 0 Å². The molecule has 0 N–H and O–H groups in total. The first-order valence-corrected chi connectivity index (χ1v) is 13.3. The van der Waals surface area contributed by atoms with E-state index in [9.17, 15) is 27.6 Å². The fourth-order valence-corrected chi connectivity index (χ4v) is 5.64. The molecule has 3 unspecified atom stereocenters. The quantitative estimate of drug-likeness (QED) is 0.524. The third-order valence-corrected chi connectivity index (χ3v) is 8.23. The summed E-state index contributed by atoms with van der Waals surface area (Å²) in [5, 5.41) is 0.565. The van der Waals surface area contributed by atoms with E-state index in [-0.39, 0.29) is 43.1 Å². The monoisotopic (exact) mass is 563 g/mol. The van der Waals surface area contributed by atoms with Gasteiger partial charge in [0.25, 0.3) is 5.92 Å². The average molecular weight is 564 g/mol. The van der Waals surface area contributed by atoms with Crippen molar-refractivity contribution < 1.29 is 32.3 Å². The van der Waals surface area contributed by atoms with E-state index < -0.39 is 42.1 Å². The van der Waals surface area contributed by atoms with Crippen molar-refractivity contribution in [2.45, 2.75) is 37.1 Å². The second-order valence-electron chi connectivity index (χ2n) is 10.5. The molecule has 3 fully saturated rings. The second kappa shape index (κ2) is 10.7. The summed E-state index contributed by atoms with van der Waals surface area (Å²) < 4.78 is 45.4. The molecule has 2 saturated heterocycles. The lowest BCUT2D eigenvalue weighted by atomic mass is 9.93. The normalized spacial score (nSPS) is 24.4. The Morgan fingerprint density at radius 2 is 1.56 bits per heavy atom. The predicted molar refractivity (Wildman–Crippen MR) is 137 cm³/mol. The van der Waals surface area contributed by atoms with Gasteiger partial charge in [0.15, 0.2) is 0 Å². The van der Waals surface area contributed by atoms with Gasteiger partial charge in [-0.2, -0.15) is 0 Å². The van der Waals surface area contributed by atoms with Crippen LogP contribution in [0, 0.1) is 17.7 Å². The number of carbonyl (C=O) groups is 3. The van der Waals surface area contributed by atoms with Crippen LogP contribution in [0.5, 0.6) is 5.75 Å². The highest BCUT2D eigenvalue weighted by Crippen LogP contribution is 2.49. The number of alkyl halides is 2. The fourth-order valence-electron chi connectivity index (χ4n) is 5.51. The van der Waals surface area contributed by atoms with Crippen molar-refractivity contribution >= 4 is 29.5 Å². The smallest absolute Gasteiger partial charge is 0.410 e. The summed E-state index contributed by atoms with van der Waals surface area (Å²) in [4.78, 5) is 43.5. The highest BCUT2D eigenvalue weighted by atomic mass is 35.5. The Balaban J connectivity index is 1.26. The number of benzene rings is 2. The topological polar surface area (TPSA) is 70.2 Å². The zero-order valence-electron chi connectivity index (χ0n) is 21.4. The lowest BCUT2D eigenvalue weighted by Crippen LogP contribution is -2.46. The molecule has 11 heteroatoms. The SMILES string of the molecule is CN(C(=O)Oc1ccc(F)cc1)C1CN(C(=O)C2CCN(C(=O)C3CC3(F)F)CC2)CC1c1ccc(Cl)cc1. The predicted octanol–water partition coefficient (Wildman–Crippen LogP) is 4.80. The van der Waals surface area contributed by atoms with E-state index >= 15 is 0 Å². The van der Waals surface area contributed by atoms with Crippen molar-refractivity contribution in [3.05, 3.63) is 64.9 Å². The number of likely N-dealkylation sites (tertiary alicyclic amines) is 2.